The van der Waals surface area contributed by atoms with Gasteiger partial charge in [0.2, 0.25) is 0 Å². The van der Waals surface area contributed by atoms with Crippen LogP contribution in [0.5, 0.6) is 5.75 Å². The minimum atomic E-state index is -4.28. The van der Waals surface area contributed by atoms with Crippen LogP contribution in [0.3, 0.4) is 0 Å². The van der Waals surface area contributed by atoms with Crippen molar-refractivity contribution in [3.8, 4) is 5.75 Å². The summed E-state index contributed by atoms with van der Waals surface area (Å²) in [5.74, 6) is -0.315. The van der Waals surface area contributed by atoms with Gasteiger partial charge in [0.05, 0.1) is 4.92 Å². The molecule has 0 aromatic heterocycles. The fourth-order valence-electron chi connectivity index (χ4n) is 2.75. The molecule has 0 saturated heterocycles. The molecular formula is C21H17ClN2O6S. The second kappa shape index (κ2) is 9.15. The molecule has 0 bridgehead atoms. The second-order valence-corrected chi connectivity index (χ2v) is 8.52. The first kappa shape index (κ1) is 22.3. The van der Waals surface area contributed by atoms with Crippen LogP contribution in [0.15, 0.2) is 77.7 Å². The maximum Gasteiger partial charge on any atom is 0.339 e. The monoisotopic (exact) mass is 460 g/mol. The zero-order valence-corrected chi connectivity index (χ0v) is 17.8. The average molecular weight is 461 g/mol. The van der Waals surface area contributed by atoms with Crippen molar-refractivity contribution in [1.29, 1.82) is 0 Å². The highest BCUT2D eigenvalue weighted by molar-refractivity contribution is 7.87. The molecule has 8 nitrogen and oxygen atoms in total. The summed E-state index contributed by atoms with van der Waals surface area (Å²) in [6.07, 6.45) is 0. The SMILES string of the molecule is CN(Cc1ccccc1Cl)C(=O)c1ccc(OS(=O)(=O)c2cccc([N+](=O)[O-])c2)cc1. The topological polar surface area (TPSA) is 107 Å². The zero-order valence-electron chi connectivity index (χ0n) is 16.3. The number of non-ortho nitro benzene ring substituents is 1. The predicted octanol–water partition coefficient (Wildman–Crippen LogP) is 4.29. The van der Waals surface area contributed by atoms with Crippen LogP contribution in [0.1, 0.15) is 15.9 Å². The molecule has 0 aliphatic carbocycles. The number of carbonyl (C=O) groups excluding carboxylic acids is 1. The van der Waals surface area contributed by atoms with Gasteiger partial charge in [-0.15, -0.1) is 0 Å². The molecule has 1 amide bonds. The lowest BCUT2D eigenvalue weighted by Gasteiger charge is -2.18. The lowest BCUT2D eigenvalue weighted by Crippen LogP contribution is -2.26. The summed E-state index contributed by atoms with van der Waals surface area (Å²) in [5, 5.41) is 11.4. The maximum atomic E-state index is 12.6. The minimum absolute atomic E-state index is 0.0307. The van der Waals surface area contributed by atoms with E-state index in [0.29, 0.717) is 17.1 Å². The van der Waals surface area contributed by atoms with Crippen molar-refractivity contribution in [2.24, 2.45) is 0 Å². The number of rotatable bonds is 7. The van der Waals surface area contributed by atoms with E-state index in [9.17, 15) is 23.3 Å². The number of halogens is 1. The Morgan fingerprint density at radius 3 is 2.39 bits per heavy atom. The first-order chi connectivity index (χ1) is 14.7. The van der Waals surface area contributed by atoms with E-state index in [2.05, 4.69) is 0 Å². The Bertz CT molecular complexity index is 1230. The Labute approximate surface area is 183 Å². The fourth-order valence-corrected chi connectivity index (χ4v) is 3.92. The van der Waals surface area contributed by atoms with Gasteiger partial charge in [0.15, 0.2) is 0 Å². The molecule has 10 heteroatoms. The van der Waals surface area contributed by atoms with E-state index in [4.69, 9.17) is 15.8 Å². The quantitative estimate of drug-likeness (QED) is 0.296. The molecular weight excluding hydrogens is 444 g/mol. The molecule has 0 unspecified atom stereocenters. The van der Waals surface area contributed by atoms with E-state index in [0.717, 1.165) is 11.6 Å². The molecule has 3 rings (SSSR count). The van der Waals surface area contributed by atoms with Gasteiger partial charge < -0.3 is 9.08 Å². The summed E-state index contributed by atoms with van der Waals surface area (Å²) in [7, 11) is -2.65. The normalized spacial score (nSPS) is 11.0. The van der Waals surface area contributed by atoms with Gasteiger partial charge in [0.25, 0.3) is 11.6 Å². The zero-order chi connectivity index (χ0) is 22.6. The van der Waals surface area contributed by atoms with Crippen LogP contribution in [0.4, 0.5) is 5.69 Å². The fraction of sp³-hybridized carbons (Fsp3) is 0.0952. The third-order valence-electron chi connectivity index (χ3n) is 4.34. The Morgan fingerprint density at radius 1 is 1.06 bits per heavy atom. The van der Waals surface area contributed by atoms with Gasteiger partial charge in [-0.1, -0.05) is 35.9 Å². The first-order valence-electron chi connectivity index (χ1n) is 8.95. The molecule has 160 valence electrons. The Hall–Kier alpha value is -3.43. The van der Waals surface area contributed by atoms with E-state index in [1.165, 1.54) is 47.4 Å². The molecule has 0 fully saturated rings. The van der Waals surface area contributed by atoms with Crippen molar-refractivity contribution < 1.29 is 22.3 Å². The lowest BCUT2D eigenvalue weighted by atomic mass is 10.1. The van der Waals surface area contributed by atoms with Crippen LogP contribution >= 0.6 is 11.6 Å². The van der Waals surface area contributed by atoms with Gasteiger partial charge in [0, 0.05) is 36.3 Å². The number of hydrogen-bond donors (Lipinski definition) is 0. The number of nitro groups is 1. The second-order valence-electron chi connectivity index (χ2n) is 6.57. The van der Waals surface area contributed by atoms with Crippen LogP contribution in [0, 0.1) is 10.1 Å². The molecule has 0 N–H and O–H groups in total. The van der Waals surface area contributed by atoms with Crippen molar-refractivity contribution in [3.63, 3.8) is 0 Å². The third-order valence-corrected chi connectivity index (χ3v) is 5.95. The van der Waals surface area contributed by atoms with Crippen molar-refractivity contribution >= 4 is 33.3 Å². The lowest BCUT2D eigenvalue weighted by molar-refractivity contribution is -0.385. The Morgan fingerprint density at radius 2 is 1.74 bits per heavy atom. The molecule has 0 saturated carbocycles. The Kier molecular flexibility index (Phi) is 6.57. The summed E-state index contributed by atoms with van der Waals surface area (Å²) in [6.45, 7) is 0.303. The van der Waals surface area contributed by atoms with Crippen LogP contribution in [0.25, 0.3) is 0 Å². The first-order valence-corrected chi connectivity index (χ1v) is 10.7. The van der Waals surface area contributed by atoms with Gasteiger partial charge >= 0.3 is 10.1 Å². The number of benzene rings is 3. The summed E-state index contributed by atoms with van der Waals surface area (Å²) in [5.41, 5.74) is 0.754. The largest absolute Gasteiger partial charge is 0.379 e. The smallest absolute Gasteiger partial charge is 0.339 e. The number of amides is 1. The minimum Gasteiger partial charge on any atom is -0.379 e. The van der Waals surface area contributed by atoms with Gasteiger partial charge in [-0.05, 0) is 42.0 Å². The van der Waals surface area contributed by atoms with Gasteiger partial charge in [-0.2, -0.15) is 8.42 Å². The molecule has 3 aromatic rings. The van der Waals surface area contributed by atoms with Crippen LogP contribution in [-0.4, -0.2) is 31.2 Å². The van der Waals surface area contributed by atoms with E-state index < -0.39 is 15.0 Å². The molecule has 3 aromatic carbocycles. The predicted molar refractivity (Wildman–Crippen MR) is 115 cm³/mol. The van der Waals surface area contributed by atoms with E-state index in [1.807, 2.05) is 12.1 Å². The van der Waals surface area contributed by atoms with Gasteiger partial charge in [-0.3, -0.25) is 14.9 Å². The van der Waals surface area contributed by atoms with Crippen molar-refractivity contribution in [1.82, 2.24) is 4.90 Å². The molecule has 31 heavy (non-hydrogen) atoms. The number of carbonyl (C=O) groups is 1. The van der Waals surface area contributed by atoms with Crippen LogP contribution in [0.2, 0.25) is 5.02 Å². The molecule has 0 aliphatic rings. The average Bonchev–Trinajstić information content (AvgIpc) is 2.75. The highest BCUT2D eigenvalue weighted by Crippen LogP contribution is 2.23. The summed E-state index contributed by atoms with van der Waals surface area (Å²) in [4.78, 5) is 23.9. The van der Waals surface area contributed by atoms with Crippen molar-refractivity contribution in [2.75, 3.05) is 7.05 Å². The molecule has 0 radical (unpaired) electrons. The van der Waals surface area contributed by atoms with Crippen molar-refractivity contribution in [3.05, 3.63) is 99.1 Å². The molecule has 0 spiro atoms. The summed E-state index contributed by atoms with van der Waals surface area (Å²) >= 11 is 6.13. The van der Waals surface area contributed by atoms with Crippen LogP contribution in [-0.2, 0) is 16.7 Å². The van der Waals surface area contributed by atoms with Crippen LogP contribution < -0.4 is 4.18 Å². The standard InChI is InChI=1S/C21H17ClN2O6S/c1-23(14-16-5-2-3-8-20(16)22)21(25)15-9-11-18(12-10-15)30-31(28,29)19-7-4-6-17(13-19)24(26)27/h2-13H,14H2,1H3. The van der Waals surface area contributed by atoms with E-state index in [-0.39, 0.29) is 22.2 Å². The van der Waals surface area contributed by atoms with E-state index >= 15 is 0 Å². The third kappa shape index (κ3) is 5.39. The summed E-state index contributed by atoms with van der Waals surface area (Å²) < 4.78 is 29.8. The molecule has 0 aliphatic heterocycles. The van der Waals surface area contributed by atoms with Crippen molar-refractivity contribution in [2.45, 2.75) is 11.4 Å². The van der Waals surface area contributed by atoms with E-state index in [1.54, 1.807) is 19.2 Å². The number of nitrogens with zero attached hydrogens (tertiary/aromatic N) is 2. The highest BCUT2D eigenvalue weighted by atomic mass is 35.5. The molecule has 0 heterocycles. The summed E-state index contributed by atoms with van der Waals surface area (Å²) in [6, 6.07) is 17.3. The number of nitro benzene ring substituents is 1. The number of hydrogen-bond acceptors (Lipinski definition) is 6. The Balaban J connectivity index is 1.72. The van der Waals surface area contributed by atoms with Gasteiger partial charge in [-0.25, -0.2) is 0 Å². The maximum absolute atomic E-state index is 12.6. The van der Waals surface area contributed by atoms with Gasteiger partial charge in [0.1, 0.15) is 10.6 Å². The highest BCUT2D eigenvalue weighted by Gasteiger charge is 2.20. The molecule has 0 atom stereocenters.